The number of ketones is 1. The van der Waals surface area contributed by atoms with Gasteiger partial charge in [-0.15, -0.1) is 0 Å². The zero-order valence-electron chi connectivity index (χ0n) is 13.7. The number of aryl methyl sites for hydroxylation is 1. The van der Waals surface area contributed by atoms with Gasteiger partial charge in [0.1, 0.15) is 0 Å². The number of nitrogen functional groups attached to an aromatic ring is 1. The average Bonchev–Trinajstić information content (AvgIpc) is 2.84. The summed E-state index contributed by atoms with van der Waals surface area (Å²) in [5, 5.41) is 0. The molecule has 5 heteroatoms. The molecule has 0 bridgehead atoms. The fraction of sp³-hybridized carbons (Fsp3) is 0.389. The highest BCUT2D eigenvalue weighted by molar-refractivity contribution is 5.99. The van der Waals surface area contributed by atoms with Gasteiger partial charge in [0, 0.05) is 41.4 Å². The molecule has 0 aliphatic carbocycles. The number of nitrogens with two attached hydrogens (primary N) is 1. The monoisotopic (exact) mass is 313 g/mol. The van der Waals surface area contributed by atoms with Crippen molar-refractivity contribution in [2.24, 2.45) is 0 Å². The lowest BCUT2D eigenvalue weighted by molar-refractivity contribution is 0.0371. The van der Waals surface area contributed by atoms with Crippen molar-refractivity contribution >= 4 is 11.5 Å². The Balaban J connectivity index is 1.85. The van der Waals surface area contributed by atoms with Crippen molar-refractivity contribution < 1.29 is 9.53 Å². The van der Waals surface area contributed by atoms with Crippen molar-refractivity contribution in [2.75, 3.05) is 38.6 Å². The number of hydrogen-bond donors (Lipinski definition) is 1. The van der Waals surface area contributed by atoms with E-state index in [0.717, 1.165) is 41.4 Å². The zero-order valence-corrected chi connectivity index (χ0v) is 13.7. The van der Waals surface area contributed by atoms with Gasteiger partial charge in [0.25, 0.3) is 0 Å². The number of anilines is 1. The van der Waals surface area contributed by atoms with Crippen LogP contribution in [0.25, 0.3) is 5.69 Å². The van der Waals surface area contributed by atoms with Crippen molar-refractivity contribution in [3.63, 3.8) is 0 Å². The predicted molar refractivity (Wildman–Crippen MR) is 91.2 cm³/mol. The summed E-state index contributed by atoms with van der Waals surface area (Å²) in [4.78, 5) is 14.8. The molecule has 0 spiro atoms. The number of benzene rings is 1. The van der Waals surface area contributed by atoms with Gasteiger partial charge in [-0.2, -0.15) is 0 Å². The van der Waals surface area contributed by atoms with Crippen LogP contribution in [0.1, 0.15) is 21.7 Å². The molecule has 0 radical (unpaired) electrons. The lowest BCUT2D eigenvalue weighted by Crippen LogP contribution is -2.39. The van der Waals surface area contributed by atoms with E-state index in [4.69, 9.17) is 10.5 Å². The predicted octanol–water partition coefficient (Wildman–Crippen LogP) is 2.19. The van der Waals surface area contributed by atoms with Crippen LogP contribution in [0.5, 0.6) is 0 Å². The number of Topliss-reactive ketones (excluding diaryl/α,β-unsaturated/α-hetero) is 1. The van der Waals surface area contributed by atoms with Gasteiger partial charge < -0.3 is 15.0 Å². The number of carbonyl (C=O) groups excluding carboxylic acids is 1. The first-order valence-corrected chi connectivity index (χ1v) is 7.94. The smallest absolute Gasteiger partial charge is 0.178 e. The maximum Gasteiger partial charge on any atom is 0.178 e. The molecular formula is C18H23N3O2. The van der Waals surface area contributed by atoms with Gasteiger partial charge in [0.15, 0.2) is 5.78 Å². The van der Waals surface area contributed by atoms with Crippen LogP contribution in [0.2, 0.25) is 0 Å². The Morgan fingerprint density at radius 1 is 1.17 bits per heavy atom. The first-order valence-electron chi connectivity index (χ1n) is 7.94. The fourth-order valence-corrected chi connectivity index (χ4v) is 3.11. The van der Waals surface area contributed by atoms with E-state index in [1.165, 1.54) is 0 Å². The second-order valence-electron chi connectivity index (χ2n) is 6.02. The summed E-state index contributed by atoms with van der Waals surface area (Å²) in [5.41, 5.74) is 10.4. The van der Waals surface area contributed by atoms with Gasteiger partial charge in [0.2, 0.25) is 0 Å². The van der Waals surface area contributed by atoms with Crippen molar-refractivity contribution in [2.45, 2.75) is 13.8 Å². The van der Waals surface area contributed by atoms with E-state index in [9.17, 15) is 4.79 Å². The molecule has 122 valence electrons. The maximum atomic E-state index is 12.7. The van der Waals surface area contributed by atoms with E-state index in [2.05, 4.69) is 9.47 Å². The number of carbonyl (C=O) groups is 1. The molecule has 23 heavy (non-hydrogen) atoms. The van der Waals surface area contributed by atoms with Crippen molar-refractivity contribution in [1.29, 1.82) is 0 Å². The molecule has 5 nitrogen and oxygen atoms in total. The van der Waals surface area contributed by atoms with Gasteiger partial charge in [-0.1, -0.05) is 0 Å². The number of ether oxygens (including phenoxy) is 1. The van der Waals surface area contributed by atoms with E-state index < -0.39 is 0 Å². The topological polar surface area (TPSA) is 60.5 Å². The van der Waals surface area contributed by atoms with Crippen LogP contribution in [-0.4, -0.2) is 48.1 Å². The molecule has 0 saturated carbocycles. The number of hydrogen-bond acceptors (Lipinski definition) is 4. The molecule has 2 N–H and O–H groups in total. The van der Waals surface area contributed by atoms with Gasteiger partial charge in [-0.05, 0) is 44.2 Å². The van der Waals surface area contributed by atoms with E-state index in [0.29, 0.717) is 19.8 Å². The highest BCUT2D eigenvalue weighted by Gasteiger charge is 2.20. The second kappa shape index (κ2) is 6.56. The Labute approximate surface area is 136 Å². The quantitative estimate of drug-likeness (QED) is 0.694. The van der Waals surface area contributed by atoms with Crippen LogP contribution in [0.3, 0.4) is 0 Å². The van der Waals surface area contributed by atoms with Gasteiger partial charge in [-0.3, -0.25) is 9.69 Å². The minimum Gasteiger partial charge on any atom is -0.399 e. The lowest BCUT2D eigenvalue weighted by atomic mass is 10.1. The molecule has 1 aromatic carbocycles. The first-order chi connectivity index (χ1) is 11.1. The average molecular weight is 313 g/mol. The molecule has 3 rings (SSSR count). The van der Waals surface area contributed by atoms with E-state index in [1.807, 2.05) is 44.2 Å². The van der Waals surface area contributed by atoms with Crippen LogP contribution in [0.4, 0.5) is 5.69 Å². The van der Waals surface area contributed by atoms with Crippen LogP contribution in [0, 0.1) is 13.8 Å². The van der Waals surface area contributed by atoms with E-state index in [1.54, 1.807) is 0 Å². The van der Waals surface area contributed by atoms with Crippen molar-refractivity contribution in [1.82, 2.24) is 9.47 Å². The molecule has 2 aromatic rings. The number of rotatable bonds is 4. The fourth-order valence-electron chi connectivity index (χ4n) is 3.11. The lowest BCUT2D eigenvalue weighted by Gasteiger charge is -2.25. The molecule has 0 amide bonds. The van der Waals surface area contributed by atoms with E-state index >= 15 is 0 Å². The molecular weight excluding hydrogens is 290 g/mol. The molecule has 1 aromatic heterocycles. The maximum absolute atomic E-state index is 12.7. The Kier molecular flexibility index (Phi) is 4.50. The summed E-state index contributed by atoms with van der Waals surface area (Å²) >= 11 is 0. The minimum atomic E-state index is 0.168. The SMILES string of the molecule is Cc1cc(C(=O)CN2CCOCC2)c(C)n1-c1ccc(N)cc1. The van der Waals surface area contributed by atoms with Crippen LogP contribution >= 0.6 is 0 Å². The largest absolute Gasteiger partial charge is 0.399 e. The highest BCUT2D eigenvalue weighted by atomic mass is 16.5. The highest BCUT2D eigenvalue weighted by Crippen LogP contribution is 2.22. The van der Waals surface area contributed by atoms with Gasteiger partial charge in [0.05, 0.1) is 19.8 Å². The van der Waals surface area contributed by atoms with Crippen LogP contribution < -0.4 is 5.73 Å². The van der Waals surface area contributed by atoms with Crippen molar-refractivity contribution in [3.8, 4) is 5.69 Å². The zero-order chi connectivity index (χ0) is 16.4. The summed E-state index contributed by atoms with van der Waals surface area (Å²) in [6.07, 6.45) is 0. The molecule has 1 fully saturated rings. The number of nitrogens with zero attached hydrogens (tertiary/aromatic N) is 2. The molecule has 2 heterocycles. The Morgan fingerprint density at radius 3 is 2.48 bits per heavy atom. The first kappa shape index (κ1) is 15.8. The Morgan fingerprint density at radius 2 is 1.83 bits per heavy atom. The van der Waals surface area contributed by atoms with Gasteiger partial charge in [-0.25, -0.2) is 0 Å². The number of morpholine rings is 1. The summed E-state index contributed by atoms with van der Waals surface area (Å²) in [7, 11) is 0. The summed E-state index contributed by atoms with van der Waals surface area (Å²) in [5.74, 6) is 0.168. The van der Waals surface area contributed by atoms with E-state index in [-0.39, 0.29) is 5.78 Å². The summed E-state index contributed by atoms with van der Waals surface area (Å²) in [6, 6.07) is 9.69. The minimum absolute atomic E-state index is 0.168. The molecule has 0 unspecified atom stereocenters. The van der Waals surface area contributed by atoms with Crippen LogP contribution in [0.15, 0.2) is 30.3 Å². The summed E-state index contributed by atoms with van der Waals surface area (Å²) in [6.45, 7) is 7.53. The third-order valence-corrected chi connectivity index (χ3v) is 4.35. The molecule has 0 atom stereocenters. The van der Waals surface area contributed by atoms with Gasteiger partial charge >= 0.3 is 0 Å². The number of aromatic nitrogens is 1. The standard InChI is InChI=1S/C18H23N3O2/c1-13-11-17(18(22)12-20-7-9-23-10-8-20)14(2)21(13)16-5-3-15(19)4-6-16/h3-6,11H,7-10,12,19H2,1-2H3. The normalized spacial score (nSPS) is 15.7. The Bertz CT molecular complexity index is 698. The molecule has 1 aliphatic rings. The molecule has 1 saturated heterocycles. The third kappa shape index (κ3) is 3.30. The second-order valence-corrected chi connectivity index (χ2v) is 6.02. The molecule has 1 aliphatic heterocycles. The summed E-state index contributed by atoms with van der Waals surface area (Å²) < 4.78 is 7.44. The van der Waals surface area contributed by atoms with Crippen LogP contribution in [-0.2, 0) is 4.74 Å². The van der Waals surface area contributed by atoms with Crippen molar-refractivity contribution in [3.05, 3.63) is 47.3 Å². The third-order valence-electron chi connectivity index (χ3n) is 4.35. The Hall–Kier alpha value is -2.11.